The van der Waals surface area contributed by atoms with Gasteiger partial charge in [0.25, 0.3) is 0 Å². The van der Waals surface area contributed by atoms with Gasteiger partial charge in [-0.2, -0.15) is 0 Å². The molecule has 0 heterocycles. The third-order valence-corrected chi connectivity index (χ3v) is 5.41. The first-order valence-electron chi connectivity index (χ1n) is 6.57. The minimum absolute atomic E-state index is 0.136. The molecule has 6 nitrogen and oxygen atoms in total. The first-order chi connectivity index (χ1) is 10.6. The van der Waals surface area contributed by atoms with E-state index in [4.69, 9.17) is 0 Å². The molecule has 2 aromatic rings. The number of benzene rings is 2. The number of carbonyl (C=O) groups is 1. The first-order valence-corrected chi connectivity index (χ1v) is 9.95. The monoisotopic (exact) mass is 383 g/mol. The van der Waals surface area contributed by atoms with E-state index in [-0.39, 0.29) is 11.3 Å². The summed E-state index contributed by atoms with van der Waals surface area (Å²) in [5.41, 5.74) is 0.502. The number of hydrogen-bond donors (Lipinski definition) is 4. The van der Waals surface area contributed by atoms with Gasteiger partial charge >= 0.3 is 134 Å². The molecule has 0 radical (unpaired) electrons. The molecule has 2 aromatic carbocycles. The number of rotatable bonds is 3. The third kappa shape index (κ3) is 3.64. The van der Waals surface area contributed by atoms with E-state index < -0.39 is 36.0 Å². The molecule has 4 N–H and O–H groups in total. The van der Waals surface area contributed by atoms with Crippen LogP contribution in [0.3, 0.4) is 0 Å². The van der Waals surface area contributed by atoms with Gasteiger partial charge in [-0.05, 0) is 0 Å². The molecule has 0 saturated carbocycles. The average Bonchev–Trinajstić information content (AvgIpc) is 2.42. The zero-order valence-corrected chi connectivity index (χ0v) is 14.2. The van der Waals surface area contributed by atoms with Crippen molar-refractivity contribution in [3.63, 3.8) is 0 Å². The van der Waals surface area contributed by atoms with Crippen LogP contribution in [0, 0.1) is 12.7 Å². The molecule has 0 bridgehead atoms. The van der Waals surface area contributed by atoms with Crippen molar-refractivity contribution in [3.05, 3.63) is 41.7 Å². The van der Waals surface area contributed by atoms with Crippen LogP contribution in [-0.4, -0.2) is 33.4 Å². The van der Waals surface area contributed by atoms with Crippen molar-refractivity contribution in [3.8, 4) is 16.9 Å². The van der Waals surface area contributed by atoms with Gasteiger partial charge in [0.15, 0.2) is 0 Å². The van der Waals surface area contributed by atoms with Gasteiger partial charge in [-0.25, -0.2) is 0 Å². The zero-order chi connectivity index (χ0) is 17.4. The Morgan fingerprint density at radius 2 is 1.78 bits per heavy atom. The molecule has 122 valence electrons. The summed E-state index contributed by atoms with van der Waals surface area (Å²) in [5, 5.41) is 12.4. The summed E-state index contributed by atoms with van der Waals surface area (Å²) < 4.78 is 44.1. The topological polar surface area (TPSA) is 107 Å². The van der Waals surface area contributed by atoms with Crippen LogP contribution in [0.1, 0.15) is 12.5 Å². The standard InChI is InChI=1S/C15H15AsFNO5/c1-8-7-12(10-3-5-11(17)6-4-10)13(16(21,22)23)14(15(8)20)18-9(2)19/h3-7,20H,1-2H3,(H,18,19)(H2,21,22,23). The Labute approximate surface area is 134 Å². The number of carbonyl (C=O) groups excluding carboxylic acids is 1. The van der Waals surface area contributed by atoms with E-state index in [0.717, 1.165) is 19.1 Å². The fourth-order valence-corrected chi connectivity index (χ4v) is 4.26. The van der Waals surface area contributed by atoms with Crippen LogP contribution in [-0.2, 0) is 8.53 Å². The Morgan fingerprint density at radius 1 is 1.22 bits per heavy atom. The molecule has 0 aromatic heterocycles. The van der Waals surface area contributed by atoms with Crippen molar-refractivity contribution in [1.29, 1.82) is 0 Å². The maximum atomic E-state index is 13.1. The number of hydrogen-bond acceptors (Lipinski definition) is 3. The van der Waals surface area contributed by atoms with Gasteiger partial charge in [-0.1, -0.05) is 0 Å². The van der Waals surface area contributed by atoms with Crippen molar-refractivity contribution in [1.82, 2.24) is 0 Å². The summed E-state index contributed by atoms with van der Waals surface area (Å²) in [6, 6.07) is 6.45. The van der Waals surface area contributed by atoms with Gasteiger partial charge < -0.3 is 0 Å². The van der Waals surface area contributed by atoms with Crippen LogP contribution in [0.25, 0.3) is 11.1 Å². The second-order valence-electron chi connectivity index (χ2n) is 5.05. The molecule has 2 rings (SSSR count). The number of amides is 1. The number of nitrogens with one attached hydrogen (secondary N) is 1. The predicted octanol–water partition coefficient (Wildman–Crippen LogP) is 1.03. The van der Waals surface area contributed by atoms with Crippen LogP contribution < -0.4 is 9.67 Å². The van der Waals surface area contributed by atoms with Crippen molar-refractivity contribution in [2.24, 2.45) is 0 Å². The molecule has 0 spiro atoms. The summed E-state index contributed by atoms with van der Waals surface area (Å²) in [6.45, 7) is 2.69. The molecule has 0 aliphatic rings. The molecule has 0 atom stereocenters. The van der Waals surface area contributed by atoms with Gasteiger partial charge in [-0.3, -0.25) is 0 Å². The molecule has 0 aliphatic carbocycles. The van der Waals surface area contributed by atoms with Gasteiger partial charge in [0.05, 0.1) is 0 Å². The van der Waals surface area contributed by atoms with Crippen molar-refractivity contribution in [2.75, 3.05) is 5.32 Å². The molecule has 8 heteroatoms. The predicted molar refractivity (Wildman–Crippen MR) is 83.1 cm³/mol. The number of phenolic OH excluding ortho intramolecular Hbond substituents is 1. The third-order valence-electron chi connectivity index (χ3n) is 3.21. The molecule has 0 aliphatic heterocycles. The summed E-state index contributed by atoms with van der Waals surface area (Å²) in [4.78, 5) is 11.3. The molecule has 0 saturated heterocycles. The van der Waals surface area contributed by atoms with E-state index in [9.17, 15) is 26.2 Å². The average molecular weight is 383 g/mol. The van der Waals surface area contributed by atoms with Gasteiger partial charge in [-0.15, -0.1) is 0 Å². The number of halogens is 1. The summed E-state index contributed by atoms with van der Waals surface area (Å²) in [6.07, 6.45) is 0. The number of aromatic hydroxyl groups is 1. The van der Waals surface area contributed by atoms with Crippen LogP contribution >= 0.6 is 0 Å². The second-order valence-corrected chi connectivity index (χ2v) is 8.27. The minimum atomic E-state index is -5.53. The van der Waals surface area contributed by atoms with E-state index in [2.05, 4.69) is 5.32 Å². The van der Waals surface area contributed by atoms with E-state index >= 15 is 0 Å². The fraction of sp³-hybridized carbons (Fsp3) is 0.133. The maximum absolute atomic E-state index is 13.1. The summed E-state index contributed by atoms with van der Waals surface area (Å²) >= 11 is -5.53. The molecular formula is C15H15AsFNO5. The first kappa shape index (κ1) is 17.3. The number of anilines is 1. The van der Waals surface area contributed by atoms with E-state index in [0.29, 0.717) is 11.1 Å². The van der Waals surface area contributed by atoms with Crippen LogP contribution in [0.2, 0.25) is 0 Å². The Bertz CT molecular complexity index is 814. The normalized spacial score (nSPS) is 11.3. The van der Waals surface area contributed by atoms with E-state index in [1.54, 1.807) is 0 Å². The van der Waals surface area contributed by atoms with Crippen LogP contribution in [0.5, 0.6) is 5.75 Å². The molecule has 0 unspecified atom stereocenters. The summed E-state index contributed by atoms with van der Waals surface area (Å²) in [7, 11) is 0. The number of aryl methyl sites for hydroxylation is 1. The van der Waals surface area contributed by atoms with Gasteiger partial charge in [0, 0.05) is 0 Å². The second kappa shape index (κ2) is 6.20. The molecule has 23 heavy (non-hydrogen) atoms. The fourth-order valence-electron chi connectivity index (χ4n) is 2.24. The van der Waals surface area contributed by atoms with E-state index in [1.807, 2.05) is 0 Å². The SMILES string of the molecule is CC(=O)Nc1c(O)c(C)cc(-c2ccc(F)cc2)c1[As](=O)(O)O. The summed E-state index contributed by atoms with van der Waals surface area (Å²) in [5.74, 6) is -1.48. The van der Waals surface area contributed by atoms with Gasteiger partial charge in [0.1, 0.15) is 0 Å². The van der Waals surface area contributed by atoms with Crippen molar-refractivity contribution < 1.29 is 26.2 Å². The Morgan fingerprint density at radius 3 is 2.26 bits per heavy atom. The molecule has 0 fully saturated rings. The Balaban J connectivity index is 2.85. The Kier molecular flexibility index (Phi) is 4.65. The number of phenols is 1. The molecule has 1 amide bonds. The van der Waals surface area contributed by atoms with Gasteiger partial charge in [0.2, 0.25) is 0 Å². The van der Waals surface area contributed by atoms with Crippen LogP contribution in [0.4, 0.5) is 10.1 Å². The quantitative estimate of drug-likeness (QED) is 0.468. The van der Waals surface area contributed by atoms with Crippen molar-refractivity contribution in [2.45, 2.75) is 13.8 Å². The van der Waals surface area contributed by atoms with Crippen molar-refractivity contribution >= 4 is 30.1 Å². The van der Waals surface area contributed by atoms with E-state index in [1.165, 1.54) is 25.1 Å². The Hall–Kier alpha value is -2.08. The zero-order valence-electron chi connectivity index (χ0n) is 12.4. The molecular weight excluding hydrogens is 368 g/mol. The van der Waals surface area contributed by atoms with Crippen LogP contribution in [0.15, 0.2) is 30.3 Å².